The fourth-order valence-electron chi connectivity index (χ4n) is 2.49. The van der Waals surface area contributed by atoms with Crippen LogP contribution in [0, 0.1) is 6.92 Å². The van der Waals surface area contributed by atoms with E-state index in [1.54, 1.807) is 22.8 Å². The fourth-order valence-corrected chi connectivity index (χ4v) is 2.66. The lowest BCUT2D eigenvalue weighted by molar-refractivity contribution is -0.124. The van der Waals surface area contributed by atoms with Gasteiger partial charge in [-0.15, -0.1) is 0 Å². The molecule has 22 heavy (non-hydrogen) atoms. The Hall–Kier alpha value is -1.75. The molecule has 1 aliphatic heterocycles. The lowest BCUT2D eigenvalue weighted by atomic mass is 10.1. The molecule has 1 aromatic rings. The third-order valence-electron chi connectivity index (χ3n) is 3.91. The van der Waals surface area contributed by atoms with E-state index in [9.17, 15) is 9.59 Å². The summed E-state index contributed by atoms with van der Waals surface area (Å²) in [5.41, 5.74) is 1.75. The highest BCUT2D eigenvalue weighted by Gasteiger charge is 2.34. The lowest BCUT2D eigenvalue weighted by Crippen LogP contribution is -2.59. The average Bonchev–Trinajstić information content (AvgIpc) is 2.50. The first kappa shape index (κ1) is 16.6. The standard InChI is InChI=1S/C16H22ClN3O2/c1-4-7-18-16(22)19-8-9-20(15(21)12(19)3)13-6-5-11(2)14(17)10-13/h5-6,10,12H,4,7-9H2,1-3H3,(H,18,22). The number of carbonyl (C=O) groups excluding carboxylic acids is 2. The third-order valence-corrected chi connectivity index (χ3v) is 4.32. The van der Waals surface area contributed by atoms with E-state index in [2.05, 4.69) is 5.32 Å². The van der Waals surface area contributed by atoms with Crippen molar-refractivity contribution in [3.05, 3.63) is 28.8 Å². The summed E-state index contributed by atoms with van der Waals surface area (Å²) in [7, 11) is 0. The smallest absolute Gasteiger partial charge is 0.318 e. The van der Waals surface area contributed by atoms with Crippen molar-refractivity contribution in [2.75, 3.05) is 24.5 Å². The Labute approximate surface area is 136 Å². The van der Waals surface area contributed by atoms with Crippen molar-refractivity contribution in [1.29, 1.82) is 0 Å². The lowest BCUT2D eigenvalue weighted by Gasteiger charge is -2.39. The van der Waals surface area contributed by atoms with Gasteiger partial charge in [-0.1, -0.05) is 24.6 Å². The molecule has 0 radical (unpaired) electrons. The minimum atomic E-state index is -0.481. The van der Waals surface area contributed by atoms with Crippen LogP contribution < -0.4 is 10.2 Å². The predicted octanol–water partition coefficient (Wildman–Crippen LogP) is 2.81. The van der Waals surface area contributed by atoms with Crippen LogP contribution in [0.25, 0.3) is 0 Å². The SMILES string of the molecule is CCCNC(=O)N1CCN(c2ccc(C)c(Cl)c2)C(=O)C1C. The van der Waals surface area contributed by atoms with Crippen LogP contribution in [0.1, 0.15) is 25.8 Å². The number of anilines is 1. The quantitative estimate of drug-likeness (QED) is 0.930. The Bertz CT molecular complexity index is 577. The second kappa shape index (κ2) is 7.01. The molecular weight excluding hydrogens is 302 g/mol. The molecule has 1 unspecified atom stereocenters. The number of carbonyl (C=O) groups is 2. The summed E-state index contributed by atoms with van der Waals surface area (Å²) in [6.45, 7) is 7.28. The maximum atomic E-state index is 12.6. The largest absolute Gasteiger partial charge is 0.338 e. The number of aryl methyl sites for hydroxylation is 1. The first-order valence-corrected chi connectivity index (χ1v) is 7.95. The van der Waals surface area contributed by atoms with Crippen LogP contribution >= 0.6 is 11.6 Å². The first-order chi connectivity index (χ1) is 10.5. The molecule has 1 heterocycles. The van der Waals surface area contributed by atoms with Crippen molar-refractivity contribution < 1.29 is 9.59 Å². The third kappa shape index (κ3) is 3.35. The maximum absolute atomic E-state index is 12.6. The second-order valence-electron chi connectivity index (χ2n) is 5.52. The summed E-state index contributed by atoms with van der Waals surface area (Å²) in [5.74, 6) is -0.0854. The molecule has 5 nitrogen and oxygen atoms in total. The first-order valence-electron chi connectivity index (χ1n) is 7.57. The highest BCUT2D eigenvalue weighted by molar-refractivity contribution is 6.31. The molecule has 1 atom stereocenters. The Morgan fingerprint density at radius 1 is 1.41 bits per heavy atom. The Kier molecular flexibility index (Phi) is 5.29. The van der Waals surface area contributed by atoms with Crippen molar-refractivity contribution in [1.82, 2.24) is 10.2 Å². The van der Waals surface area contributed by atoms with Gasteiger partial charge in [0.1, 0.15) is 6.04 Å². The highest BCUT2D eigenvalue weighted by atomic mass is 35.5. The molecule has 6 heteroatoms. The number of hydrogen-bond donors (Lipinski definition) is 1. The Morgan fingerprint density at radius 2 is 2.14 bits per heavy atom. The molecule has 0 aliphatic carbocycles. The van der Waals surface area contributed by atoms with Crippen molar-refractivity contribution in [2.24, 2.45) is 0 Å². The van der Waals surface area contributed by atoms with Crippen molar-refractivity contribution in [2.45, 2.75) is 33.2 Å². The number of amides is 3. The zero-order chi connectivity index (χ0) is 16.3. The summed E-state index contributed by atoms with van der Waals surface area (Å²) in [6, 6.07) is 4.93. The van der Waals surface area contributed by atoms with Gasteiger partial charge in [-0.05, 0) is 38.0 Å². The zero-order valence-corrected chi connectivity index (χ0v) is 14.0. The van der Waals surface area contributed by atoms with E-state index in [1.807, 2.05) is 26.0 Å². The monoisotopic (exact) mass is 323 g/mol. The minimum absolute atomic E-state index is 0.0854. The van der Waals surface area contributed by atoms with Crippen LogP contribution in [0.2, 0.25) is 5.02 Å². The molecule has 1 saturated heterocycles. The van der Waals surface area contributed by atoms with Gasteiger partial charge in [0.25, 0.3) is 0 Å². The summed E-state index contributed by atoms with van der Waals surface area (Å²) in [5, 5.41) is 3.46. The molecular formula is C16H22ClN3O2. The van der Waals surface area contributed by atoms with Crippen LogP contribution in [0.3, 0.4) is 0 Å². The molecule has 0 spiro atoms. The van der Waals surface area contributed by atoms with Gasteiger partial charge in [-0.3, -0.25) is 4.79 Å². The van der Waals surface area contributed by atoms with Gasteiger partial charge in [0.2, 0.25) is 5.91 Å². The van der Waals surface area contributed by atoms with Crippen LogP contribution in [-0.2, 0) is 4.79 Å². The van der Waals surface area contributed by atoms with Crippen molar-refractivity contribution in [3.8, 4) is 0 Å². The summed E-state index contributed by atoms with van der Waals surface area (Å²) in [4.78, 5) is 27.9. The number of benzene rings is 1. The molecule has 2 rings (SSSR count). The van der Waals surface area contributed by atoms with E-state index < -0.39 is 6.04 Å². The van der Waals surface area contributed by atoms with Crippen LogP contribution in [0.4, 0.5) is 10.5 Å². The van der Waals surface area contributed by atoms with E-state index in [0.717, 1.165) is 17.7 Å². The molecule has 1 aliphatic rings. The van der Waals surface area contributed by atoms with Gasteiger partial charge in [-0.2, -0.15) is 0 Å². The molecule has 0 bridgehead atoms. The maximum Gasteiger partial charge on any atom is 0.318 e. The number of urea groups is 1. The highest BCUT2D eigenvalue weighted by Crippen LogP contribution is 2.25. The molecule has 3 amide bonds. The number of nitrogens with zero attached hydrogens (tertiary/aromatic N) is 2. The van der Waals surface area contributed by atoms with E-state index in [4.69, 9.17) is 11.6 Å². The van der Waals surface area contributed by atoms with Gasteiger partial charge in [0.15, 0.2) is 0 Å². The molecule has 1 N–H and O–H groups in total. The number of halogens is 1. The molecule has 1 aromatic carbocycles. The van der Waals surface area contributed by atoms with Gasteiger partial charge in [-0.25, -0.2) is 4.79 Å². The number of hydrogen-bond acceptors (Lipinski definition) is 2. The molecule has 0 aromatic heterocycles. The van der Waals surface area contributed by atoms with Crippen LogP contribution in [0.15, 0.2) is 18.2 Å². The zero-order valence-electron chi connectivity index (χ0n) is 13.2. The normalized spacial score (nSPS) is 18.5. The summed E-state index contributed by atoms with van der Waals surface area (Å²) in [6.07, 6.45) is 0.871. The second-order valence-corrected chi connectivity index (χ2v) is 5.93. The van der Waals surface area contributed by atoms with Crippen molar-refractivity contribution >= 4 is 29.2 Å². The Balaban J connectivity index is 2.12. The average molecular weight is 324 g/mol. The van der Waals surface area contributed by atoms with Gasteiger partial charge in [0.05, 0.1) is 0 Å². The minimum Gasteiger partial charge on any atom is -0.338 e. The molecule has 120 valence electrons. The number of rotatable bonds is 3. The van der Waals surface area contributed by atoms with E-state index in [0.29, 0.717) is 24.7 Å². The van der Waals surface area contributed by atoms with Gasteiger partial charge in [0, 0.05) is 30.3 Å². The number of nitrogens with one attached hydrogen (secondary N) is 1. The Morgan fingerprint density at radius 3 is 2.77 bits per heavy atom. The van der Waals surface area contributed by atoms with E-state index >= 15 is 0 Å². The van der Waals surface area contributed by atoms with Gasteiger partial charge >= 0.3 is 6.03 Å². The summed E-state index contributed by atoms with van der Waals surface area (Å²) >= 11 is 6.14. The predicted molar refractivity (Wildman–Crippen MR) is 88.4 cm³/mol. The molecule has 1 fully saturated rings. The van der Waals surface area contributed by atoms with E-state index in [1.165, 1.54) is 0 Å². The van der Waals surface area contributed by atoms with Crippen molar-refractivity contribution in [3.63, 3.8) is 0 Å². The van der Waals surface area contributed by atoms with E-state index in [-0.39, 0.29) is 11.9 Å². The van der Waals surface area contributed by atoms with Gasteiger partial charge < -0.3 is 15.1 Å². The van der Waals surface area contributed by atoms with Crippen LogP contribution in [0.5, 0.6) is 0 Å². The number of piperazine rings is 1. The topological polar surface area (TPSA) is 52.7 Å². The molecule has 0 saturated carbocycles. The summed E-state index contributed by atoms with van der Waals surface area (Å²) < 4.78 is 0. The van der Waals surface area contributed by atoms with Crippen LogP contribution in [-0.4, -0.2) is 42.5 Å². The fraction of sp³-hybridized carbons (Fsp3) is 0.500.